The number of rotatable bonds is 8. The molecular weight excluding hydrogens is 399 g/mol. The van der Waals surface area contributed by atoms with Gasteiger partial charge >= 0.3 is 13.0 Å². The number of likely N-dealkylation sites (N-methyl/N-ethyl adjacent to an activating group) is 1. The summed E-state index contributed by atoms with van der Waals surface area (Å²) in [6.07, 6.45) is -4.79. The van der Waals surface area contributed by atoms with E-state index in [9.17, 15) is 26.7 Å². The van der Waals surface area contributed by atoms with Crippen molar-refractivity contribution in [2.24, 2.45) is 0 Å². The lowest BCUT2D eigenvalue weighted by Gasteiger charge is -2.24. The molecule has 29 heavy (non-hydrogen) atoms. The molecule has 5 nitrogen and oxygen atoms in total. The van der Waals surface area contributed by atoms with Crippen LogP contribution in [0.25, 0.3) is 0 Å². The van der Waals surface area contributed by atoms with E-state index in [2.05, 4.69) is 14.8 Å². The van der Waals surface area contributed by atoms with Crippen molar-refractivity contribution in [3.8, 4) is 11.5 Å². The van der Waals surface area contributed by atoms with Crippen LogP contribution in [0.3, 0.4) is 0 Å². The van der Waals surface area contributed by atoms with Crippen LogP contribution in [0.2, 0.25) is 0 Å². The standard InChI is InChI=1S/C19H19F5N2O3/c1-12(26(2)11-13-3-7-15(8-4-13)28-18(20)21)17(27)25-14-5-9-16(10-6-14)29-19(22,23)24/h3-10,12,18H,11H2,1-2H3,(H,25,27). The van der Waals surface area contributed by atoms with Gasteiger partial charge < -0.3 is 14.8 Å². The Bertz CT molecular complexity index is 795. The Morgan fingerprint density at radius 1 is 1.03 bits per heavy atom. The van der Waals surface area contributed by atoms with E-state index >= 15 is 0 Å². The zero-order chi connectivity index (χ0) is 21.6. The van der Waals surface area contributed by atoms with Gasteiger partial charge in [0, 0.05) is 12.2 Å². The van der Waals surface area contributed by atoms with Crippen LogP contribution in [0.1, 0.15) is 12.5 Å². The molecule has 0 saturated carbocycles. The number of ether oxygens (including phenoxy) is 2. The molecule has 10 heteroatoms. The summed E-state index contributed by atoms with van der Waals surface area (Å²) in [7, 11) is 1.70. The molecule has 0 radical (unpaired) electrons. The quantitative estimate of drug-likeness (QED) is 0.635. The van der Waals surface area contributed by atoms with Crippen LogP contribution in [-0.4, -0.2) is 36.9 Å². The van der Waals surface area contributed by atoms with E-state index in [1.54, 1.807) is 31.0 Å². The Morgan fingerprint density at radius 2 is 1.59 bits per heavy atom. The minimum atomic E-state index is -4.79. The minimum Gasteiger partial charge on any atom is -0.435 e. The highest BCUT2D eigenvalue weighted by atomic mass is 19.4. The summed E-state index contributed by atoms with van der Waals surface area (Å²) < 4.78 is 68.9. The van der Waals surface area contributed by atoms with E-state index in [-0.39, 0.29) is 17.4 Å². The third-order valence-corrected chi connectivity index (χ3v) is 3.98. The van der Waals surface area contributed by atoms with Gasteiger partial charge in [-0.1, -0.05) is 12.1 Å². The zero-order valence-electron chi connectivity index (χ0n) is 15.5. The zero-order valence-corrected chi connectivity index (χ0v) is 15.5. The first-order chi connectivity index (χ1) is 13.5. The van der Waals surface area contributed by atoms with E-state index in [1.807, 2.05) is 0 Å². The van der Waals surface area contributed by atoms with Gasteiger partial charge in [-0.25, -0.2) is 0 Å². The number of alkyl halides is 5. The monoisotopic (exact) mass is 418 g/mol. The number of hydrogen-bond acceptors (Lipinski definition) is 4. The molecule has 1 atom stereocenters. The van der Waals surface area contributed by atoms with Crippen molar-refractivity contribution in [2.45, 2.75) is 32.5 Å². The van der Waals surface area contributed by atoms with E-state index in [4.69, 9.17) is 0 Å². The molecule has 1 unspecified atom stereocenters. The highest BCUT2D eigenvalue weighted by Crippen LogP contribution is 2.24. The fourth-order valence-corrected chi connectivity index (χ4v) is 2.39. The predicted molar refractivity (Wildman–Crippen MR) is 95.8 cm³/mol. The average Bonchev–Trinajstić information content (AvgIpc) is 2.62. The molecule has 0 saturated heterocycles. The van der Waals surface area contributed by atoms with E-state index in [0.717, 1.165) is 17.7 Å². The fraction of sp³-hybridized carbons (Fsp3) is 0.316. The lowest BCUT2D eigenvalue weighted by atomic mass is 10.1. The normalized spacial score (nSPS) is 12.7. The van der Waals surface area contributed by atoms with Gasteiger partial charge in [0.25, 0.3) is 0 Å². The van der Waals surface area contributed by atoms with Gasteiger partial charge in [0.15, 0.2) is 0 Å². The van der Waals surface area contributed by atoms with Crippen molar-refractivity contribution >= 4 is 11.6 Å². The number of carbonyl (C=O) groups is 1. The molecule has 0 aromatic heterocycles. The van der Waals surface area contributed by atoms with Crippen LogP contribution in [0.5, 0.6) is 11.5 Å². The van der Waals surface area contributed by atoms with Crippen molar-refractivity contribution in [3.63, 3.8) is 0 Å². The SMILES string of the molecule is CC(C(=O)Nc1ccc(OC(F)(F)F)cc1)N(C)Cc1ccc(OC(F)F)cc1. The molecule has 2 aromatic carbocycles. The molecular formula is C19H19F5N2O3. The summed E-state index contributed by atoms with van der Waals surface area (Å²) in [5, 5.41) is 2.61. The Hall–Kier alpha value is -2.88. The Kier molecular flexibility index (Phi) is 7.38. The lowest BCUT2D eigenvalue weighted by molar-refractivity contribution is -0.274. The molecule has 0 spiro atoms. The molecule has 0 aliphatic heterocycles. The number of carbonyl (C=O) groups excluding carboxylic acids is 1. The molecule has 158 valence electrons. The second-order valence-electron chi connectivity index (χ2n) is 6.17. The average molecular weight is 418 g/mol. The predicted octanol–water partition coefficient (Wildman–Crippen LogP) is 4.65. The van der Waals surface area contributed by atoms with Crippen LogP contribution >= 0.6 is 0 Å². The molecule has 0 heterocycles. The minimum absolute atomic E-state index is 0.0372. The van der Waals surface area contributed by atoms with E-state index < -0.39 is 19.0 Å². The maximum absolute atomic E-state index is 12.4. The third-order valence-electron chi connectivity index (χ3n) is 3.98. The number of benzene rings is 2. The molecule has 1 amide bonds. The summed E-state index contributed by atoms with van der Waals surface area (Å²) in [5.41, 5.74) is 1.10. The van der Waals surface area contributed by atoms with Crippen LogP contribution < -0.4 is 14.8 Å². The number of amides is 1. The van der Waals surface area contributed by atoms with Crippen molar-refractivity contribution in [1.82, 2.24) is 4.90 Å². The fourth-order valence-electron chi connectivity index (χ4n) is 2.39. The number of nitrogens with zero attached hydrogens (tertiary/aromatic N) is 1. The highest BCUT2D eigenvalue weighted by molar-refractivity contribution is 5.94. The maximum Gasteiger partial charge on any atom is 0.573 e. The molecule has 0 fully saturated rings. The second kappa shape index (κ2) is 9.55. The maximum atomic E-state index is 12.4. The first kappa shape index (κ1) is 22.4. The Labute approximate surface area is 164 Å². The summed E-state index contributed by atoms with van der Waals surface area (Å²) in [6, 6.07) is 10.3. The first-order valence-corrected chi connectivity index (χ1v) is 8.44. The topological polar surface area (TPSA) is 50.8 Å². The lowest BCUT2D eigenvalue weighted by Crippen LogP contribution is -2.39. The van der Waals surface area contributed by atoms with Gasteiger partial charge in [-0.15, -0.1) is 13.2 Å². The van der Waals surface area contributed by atoms with Crippen molar-refractivity contribution in [1.29, 1.82) is 0 Å². The van der Waals surface area contributed by atoms with E-state index in [0.29, 0.717) is 12.2 Å². The number of hydrogen-bond donors (Lipinski definition) is 1. The van der Waals surface area contributed by atoms with Crippen LogP contribution in [0, 0.1) is 0 Å². The number of nitrogens with one attached hydrogen (secondary N) is 1. The molecule has 2 rings (SSSR count). The first-order valence-electron chi connectivity index (χ1n) is 8.44. The van der Waals surface area contributed by atoms with Gasteiger partial charge in [-0.3, -0.25) is 9.69 Å². The Balaban J connectivity index is 1.90. The second-order valence-corrected chi connectivity index (χ2v) is 6.17. The van der Waals surface area contributed by atoms with Crippen LogP contribution in [0.4, 0.5) is 27.6 Å². The van der Waals surface area contributed by atoms with Crippen molar-refractivity contribution < 1.29 is 36.2 Å². The molecule has 0 bridgehead atoms. The van der Waals surface area contributed by atoms with Gasteiger partial charge in [0.05, 0.1) is 6.04 Å². The summed E-state index contributed by atoms with van der Waals surface area (Å²) >= 11 is 0. The van der Waals surface area contributed by atoms with E-state index in [1.165, 1.54) is 24.3 Å². The van der Waals surface area contributed by atoms with Gasteiger partial charge in [-0.2, -0.15) is 8.78 Å². The van der Waals surface area contributed by atoms with Gasteiger partial charge in [0.2, 0.25) is 5.91 Å². The number of halogens is 5. The van der Waals surface area contributed by atoms with Crippen molar-refractivity contribution in [2.75, 3.05) is 12.4 Å². The van der Waals surface area contributed by atoms with Crippen LogP contribution in [0.15, 0.2) is 48.5 Å². The Morgan fingerprint density at radius 3 is 2.10 bits per heavy atom. The van der Waals surface area contributed by atoms with Crippen LogP contribution in [-0.2, 0) is 11.3 Å². The van der Waals surface area contributed by atoms with Gasteiger partial charge in [-0.05, 0) is 55.9 Å². The summed E-state index contributed by atoms with van der Waals surface area (Å²) in [6.45, 7) is -0.881. The number of anilines is 1. The largest absolute Gasteiger partial charge is 0.573 e. The molecule has 2 aromatic rings. The highest BCUT2D eigenvalue weighted by Gasteiger charge is 2.31. The summed E-state index contributed by atoms with van der Waals surface area (Å²) in [4.78, 5) is 14.1. The summed E-state index contributed by atoms with van der Waals surface area (Å²) in [5.74, 6) is -0.718. The molecule has 0 aliphatic carbocycles. The molecule has 1 N–H and O–H groups in total. The smallest absolute Gasteiger partial charge is 0.435 e. The third kappa shape index (κ3) is 7.57. The van der Waals surface area contributed by atoms with Crippen molar-refractivity contribution in [3.05, 3.63) is 54.1 Å². The molecule has 0 aliphatic rings. The van der Waals surface area contributed by atoms with Gasteiger partial charge in [0.1, 0.15) is 11.5 Å².